The molecule has 0 amide bonds. The van der Waals surface area contributed by atoms with Gasteiger partial charge in [-0.25, -0.2) is 4.98 Å². The number of nitrogens with one attached hydrogen (secondary N) is 1. The predicted molar refractivity (Wildman–Crippen MR) is 124 cm³/mol. The quantitative estimate of drug-likeness (QED) is 0.678. The lowest BCUT2D eigenvalue weighted by Gasteiger charge is -2.22. The number of hydrogen-bond donors (Lipinski definition) is 1. The Labute approximate surface area is 183 Å². The first kappa shape index (κ1) is 21.0. The van der Waals surface area contributed by atoms with E-state index < -0.39 is 0 Å². The van der Waals surface area contributed by atoms with Gasteiger partial charge in [-0.3, -0.25) is 0 Å². The maximum atomic E-state index is 9.37. The van der Waals surface area contributed by atoms with Gasteiger partial charge in [-0.1, -0.05) is 12.1 Å². The van der Waals surface area contributed by atoms with E-state index >= 15 is 0 Å². The van der Waals surface area contributed by atoms with Gasteiger partial charge in [0.2, 0.25) is 0 Å². The lowest BCUT2D eigenvalue weighted by atomic mass is 9.98. The lowest BCUT2D eigenvalue weighted by Crippen LogP contribution is -2.31. The molecule has 1 aromatic carbocycles. The molecule has 31 heavy (non-hydrogen) atoms. The van der Waals surface area contributed by atoms with Crippen LogP contribution in [0.2, 0.25) is 0 Å². The molecule has 0 unspecified atom stereocenters. The van der Waals surface area contributed by atoms with E-state index in [-0.39, 0.29) is 6.04 Å². The summed E-state index contributed by atoms with van der Waals surface area (Å²) in [5.41, 5.74) is 3.63. The largest absolute Gasteiger partial charge is 0.362 e. The third-order valence-electron chi connectivity index (χ3n) is 6.37. The highest BCUT2D eigenvalue weighted by atomic mass is 15.3. The van der Waals surface area contributed by atoms with Gasteiger partial charge in [0.25, 0.3) is 0 Å². The average Bonchev–Trinajstić information content (AvgIpc) is 3.26. The van der Waals surface area contributed by atoms with Gasteiger partial charge >= 0.3 is 0 Å². The Bertz CT molecular complexity index is 1150. The Balaban J connectivity index is 1.68. The third kappa shape index (κ3) is 4.04. The molecule has 2 aromatic heterocycles. The fourth-order valence-corrected chi connectivity index (χ4v) is 4.34. The van der Waals surface area contributed by atoms with Crippen LogP contribution in [0.4, 0.5) is 11.6 Å². The highest BCUT2D eigenvalue weighted by Crippen LogP contribution is 2.31. The molecule has 0 spiro atoms. The average molecular weight is 416 g/mol. The number of rotatable bonds is 5. The number of benzene rings is 1. The normalized spacial score (nSPS) is 17.2. The topological polar surface area (TPSA) is 81.0 Å². The fraction of sp³-hybridized carbons (Fsp3) is 0.417. The first-order valence-electron chi connectivity index (χ1n) is 10.7. The predicted octanol–water partition coefficient (Wildman–Crippen LogP) is 3.83. The van der Waals surface area contributed by atoms with Crippen LogP contribution in [-0.4, -0.2) is 53.3 Å². The van der Waals surface area contributed by atoms with Crippen molar-refractivity contribution in [1.29, 1.82) is 5.26 Å². The molecule has 1 saturated heterocycles. The minimum absolute atomic E-state index is 0.0185. The van der Waals surface area contributed by atoms with Crippen molar-refractivity contribution in [3.05, 3.63) is 52.8 Å². The van der Waals surface area contributed by atoms with Crippen molar-refractivity contribution in [3.63, 3.8) is 0 Å². The minimum atomic E-state index is -0.0185. The molecule has 0 radical (unpaired) electrons. The summed E-state index contributed by atoms with van der Waals surface area (Å²) in [6.07, 6.45) is 3.05. The van der Waals surface area contributed by atoms with E-state index in [1.165, 1.54) is 0 Å². The van der Waals surface area contributed by atoms with Gasteiger partial charge in [0, 0.05) is 36.1 Å². The monoisotopic (exact) mass is 415 g/mol. The van der Waals surface area contributed by atoms with Gasteiger partial charge < -0.3 is 15.1 Å². The summed E-state index contributed by atoms with van der Waals surface area (Å²) in [7, 11) is 4.27. The molecular weight excluding hydrogens is 386 g/mol. The van der Waals surface area contributed by atoms with E-state index in [1.807, 2.05) is 32.2 Å². The number of anilines is 2. The molecule has 3 aromatic rings. The lowest BCUT2D eigenvalue weighted by molar-refractivity contribution is 0.315. The van der Waals surface area contributed by atoms with Crippen LogP contribution < -0.4 is 10.2 Å². The van der Waals surface area contributed by atoms with Crippen LogP contribution in [0.25, 0.3) is 10.8 Å². The van der Waals surface area contributed by atoms with E-state index in [0.29, 0.717) is 11.6 Å². The molecule has 0 bridgehead atoms. The number of hydrogen-bond acceptors (Lipinski definition) is 7. The number of nitrogens with zero attached hydrogens (tertiary/aromatic N) is 6. The highest BCUT2D eigenvalue weighted by molar-refractivity contribution is 5.94. The summed E-state index contributed by atoms with van der Waals surface area (Å²) < 4.78 is 0. The van der Waals surface area contributed by atoms with Crippen LogP contribution in [-0.2, 0) is 0 Å². The zero-order valence-corrected chi connectivity index (χ0v) is 18.8. The number of fused-ring (bicyclic) bond motifs is 1. The van der Waals surface area contributed by atoms with Crippen LogP contribution >= 0.6 is 0 Å². The molecule has 1 fully saturated rings. The summed E-state index contributed by atoms with van der Waals surface area (Å²) in [6.45, 7) is 8.01. The standard InChI is InChI=1S/C24H29N7/c1-15-18(12-25)7-6-8-20(15)16(2)27-24-21-11-23(26-13-22(21)17(3)28-29-24)31-10-9-19(14-31)30(4)5/h6-8,11,13,16,19H,9-10,14H2,1-5H3,(H,27,29)/t16-,19-/m1/s1. The molecule has 0 saturated carbocycles. The first-order valence-corrected chi connectivity index (χ1v) is 10.7. The summed E-state index contributed by atoms with van der Waals surface area (Å²) in [6, 6.07) is 10.7. The number of pyridine rings is 1. The Morgan fingerprint density at radius 3 is 2.74 bits per heavy atom. The van der Waals surface area contributed by atoms with E-state index in [4.69, 9.17) is 4.98 Å². The van der Waals surface area contributed by atoms with Crippen LogP contribution in [0.15, 0.2) is 30.5 Å². The highest BCUT2D eigenvalue weighted by Gasteiger charge is 2.25. The second-order valence-corrected chi connectivity index (χ2v) is 8.57. The molecule has 2 atom stereocenters. The summed E-state index contributed by atoms with van der Waals surface area (Å²) in [5, 5.41) is 23.7. The van der Waals surface area contributed by atoms with Gasteiger partial charge in [0.1, 0.15) is 5.82 Å². The van der Waals surface area contributed by atoms with Crippen molar-refractivity contribution < 1.29 is 0 Å². The van der Waals surface area contributed by atoms with Gasteiger partial charge in [0.15, 0.2) is 5.82 Å². The smallest absolute Gasteiger partial charge is 0.157 e. The molecule has 0 aliphatic carbocycles. The first-order chi connectivity index (χ1) is 14.9. The summed E-state index contributed by atoms with van der Waals surface area (Å²) >= 11 is 0. The number of nitriles is 1. The molecule has 3 heterocycles. The van der Waals surface area contributed by atoms with Crippen molar-refractivity contribution in [3.8, 4) is 6.07 Å². The zero-order chi connectivity index (χ0) is 22.1. The van der Waals surface area contributed by atoms with Crippen LogP contribution in [0, 0.1) is 25.2 Å². The van der Waals surface area contributed by atoms with Crippen LogP contribution in [0.5, 0.6) is 0 Å². The second kappa shape index (κ2) is 8.48. The van der Waals surface area contributed by atoms with Gasteiger partial charge in [-0.2, -0.15) is 10.4 Å². The maximum absolute atomic E-state index is 9.37. The molecule has 1 N–H and O–H groups in total. The van der Waals surface area contributed by atoms with E-state index in [2.05, 4.69) is 64.5 Å². The Morgan fingerprint density at radius 1 is 1.23 bits per heavy atom. The minimum Gasteiger partial charge on any atom is -0.362 e. The van der Waals surface area contributed by atoms with E-state index in [9.17, 15) is 5.26 Å². The van der Waals surface area contributed by atoms with Crippen LogP contribution in [0.3, 0.4) is 0 Å². The Hall–Kier alpha value is -3.24. The zero-order valence-electron chi connectivity index (χ0n) is 18.8. The van der Waals surface area contributed by atoms with Gasteiger partial charge in [-0.15, -0.1) is 5.10 Å². The molecule has 7 heteroatoms. The van der Waals surface area contributed by atoms with E-state index in [1.54, 1.807) is 0 Å². The molecule has 160 valence electrons. The molecule has 7 nitrogen and oxygen atoms in total. The molecular formula is C24H29N7. The molecule has 1 aliphatic rings. The second-order valence-electron chi connectivity index (χ2n) is 8.57. The van der Waals surface area contributed by atoms with Crippen LogP contribution in [0.1, 0.15) is 41.8 Å². The molecule has 1 aliphatic heterocycles. The SMILES string of the molecule is Cc1c(C#N)cccc1[C@@H](C)Nc1nnc(C)c2cnc(N3CC[C@@H](N(C)C)C3)cc12. The number of aryl methyl sites for hydroxylation is 1. The van der Waals surface area contributed by atoms with Crippen molar-refractivity contribution in [2.75, 3.05) is 37.4 Å². The number of aromatic nitrogens is 3. The van der Waals surface area contributed by atoms with Crippen molar-refractivity contribution >= 4 is 22.4 Å². The molecule has 4 rings (SSSR count). The summed E-state index contributed by atoms with van der Waals surface area (Å²) in [5.74, 6) is 1.71. The van der Waals surface area contributed by atoms with E-state index in [0.717, 1.165) is 58.7 Å². The fourth-order valence-electron chi connectivity index (χ4n) is 4.34. The third-order valence-corrected chi connectivity index (χ3v) is 6.37. The van der Waals surface area contributed by atoms with Gasteiger partial charge in [-0.05, 0) is 64.5 Å². The number of likely N-dealkylation sites (N-methyl/N-ethyl adjacent to an activating group) is 1. The van der Waals surface area contributed by atoms with Gasteiger partial charge in [0.05, 0.1) is 23.4 Å². The van der Waals surface area contributed by atoms with Crippen molar-refractivity contribution in [2.45, 2.75) is 39.3 Å². The Morgan fingerprint density at radius 2 is 2.03 bits per heavy atom. The van der Waals surface area contributed by atoms with Crippen molar-refractivity contribution in [1.82, 2.24) is 20.1 Å². The maximum Gasteiger partial charge on any atom is 0.157 e. The Kier molecular flexibility index (Phi) is 5.75. The van der Waals surface area contributed by atoms with Crippen molar-refractivity contribution in [2.24, 2.45) is 0 Å². The summed E-state index contributed by atoms with van der Waals surface area (Å²) in [4.78, 5) is 9.36.